The van der Waals surface area contributed by atoms with E-state index >= 15 is 0 Å². The van der Waals surface area contributed by atoms with Crippen LogP contribution in [0.15, 0.2) is 30.6 Å². The average molecular weight is 256 g/mol. The van der Waals surface area contributed by atoms with Crippen LogP contribution in [-0.4, -0.2) is 4.98 Å². The second kappa shape index (κ2) is 5.50. The molecule has 0 amide bonds. The minimum Gasteiger partial charge on any atom is -0.284 e. The van der Waals surface area contributed by atoms with Gasteiger partial charge in [-0.05, 0) is 18.3 Å². The fourth-order valence-electron chi connectivity index (χ4n) is 1.37. The molecule has 2 heteroatoms. The van der Waals surface area contributed by atoms with Crippen LogP contribution in [0.4, 0.5) is 0 Å². The quantitative estimate of drug-likeness (QED) is 0.662. The van der Waals surface area contributed by atoms with Crippen LogP contribution in [0.3, 0.4) is 0 Å². The van der Waals surface area contributed by atoms with Gasteiger partial charge >= 0.3 is 58.2 Å². The summed E-state index contributed by atoms with van der Waals surface area (Å²) < 4.78 is 0. The van der Waals surface area contributed by atoms with E-state index in [1.807, 2.05) is 18.5 Å². The van der Waals surface area contributed by atoms with Crippen LogP contribution in [0.1, 0.15) is 25.3 Å². The maximum Gasteiger partial charge on any atom is 1.00 e. The van der Waals surface area contributed by atoms with Gasteiger partial charge in [0.2, 0.25) is 0 Å². The minimum atomic E-state index is 0. The molecule has 0 N–H and O–H groups in total. The fourth-order valence-corrected chi connectivity index (χ4v) is 1.37. The SMILES string of the molecule is CC(C)c1[c-]c2ccncc2cc1.[Rb+]. The van der Waals surface area contributed by atoms with Gasteiger partial charge in [-0.1, -0.05) is 19.2 Å². The topological polar surface area (TPSA) is 12.9 Å². The van der Waals surface area contributed by atoms with Gasteiger partial charge in [0.1, 0.15) is 0 Å². The summed E-state index contributed by atoms with van der Waals surface area (Å²) in [7, 11) is 0. The first-order valence-electron chi connectivity index (χ1n) is 4.53. The molecule has 0 bridgehead atoms. The molecule has 14 heavy (non-hydrogen) atoms. The monoisotopic (exact) mass is 255 g/mol. The number of aromatic nitrogens is 1. The molecule has 1 nitrogen and oxygen atoms in total. The van der Waals surface area contributed by atoms with Crippen LogP contribution in [-0.2, 0) is 0 Å². The number of nitrogens with zero attached hydrogens (tertiary/aromatic N) is 1. The zero-order chi connectivity index (χ0) is 9.26. The van der Waals surface area contributed by atoms with E-state index in [-0.39, 0.29) is 58.2 Å². The van der Waals surface area contributed by atoms with Crippen molar-refractivity contribution in [3.63, 3.8) is 0 Å². The van der Waals surface area contributed by atoms with Crippen LogP contribution in [0.2, 0.25) is 0 Å². The van der Waals surface area contributed by atoms with Crippen LogP contribution in [0, 0.1) is 6.07 Å². The Kier molecular flexibility index (Phi) is 4.91. The van der Waals surface area contributed by atoms with E-state index in [4.69, 9.17) is 0 Å². The third-order valence-corrected chi connectivity index (χ3v) is 2.20. The summed E-state index contributed by atoms with van der Waals surface area (Å²) in [4.78, 5) is 4.07. The third-order valence-electron chi connectivity index (χ3n) is 2.20. The summed E-state index contributed by atoms with van der Waals surface area (Å²) in [6, 6.07) is 9.61. The van der Waals surface area contributed by atoms with E-state index in [0.717, 1.165) is 10.8 Å². The van der Waals surface area contributed by atoms with E-state index in [1.54, 1.807) is 0 Å². The van der Waals surface area contributed by atoms with Gasteiger partial charge in [0, 0.05) is 0 Å². The van der Waals surface area contributed by atoms with Gasteiger partial charge in [0.15, 0.2) is 0 Å². The van der Waals surface area contributed by atoms with Gasteiger partial charge in [-0.3, -0.25) is 4.98 Å². The van der Waals surface area contributed by atoms with Crippen molar-refractivity contribution in [2.75, 3.05) is 0 Å². The van der Waals surface area contributed by atoms with Gasteiger partial charge < -0.3 is 0 Å². The number of benzene rings is 1. The average Bonchev–Trinajstić information content (AvgIpc) is 2.17. The van der Waals surface area contributed by atoms with E-state index in [2.05, 4.69) is 37.0 Å². The summed E-state index contributed by atoms with van der Waals surface area (Å²) in [6.45, 7) is 4.36. The normalized spacial score (nSPS) is 10.2. The first kappa shape index (κ1) is 12.5. The summed E-state index contributed by atoms with van der Waals surface area (Å²) in [5, 5.41) is 2.31. The van der Waals surface area contributed by atoms with Gasteiger partial charge in [0.25, 0.3) is 0 Å². The Morgan fingerprint density at radius 2 is 2.00 bits per heavy atom. The molecular formula is C12H12NRb. The molecule has 2 rings (SSSR count). The molecule has 1 heterocycles. The number of fused-ring (bicyclic) bond motifs is 1. The van der Waals surface area contributed by atoms with Crippen molar-refractivity contribution in [2.45, 2.75) is 19.8 Å². The van der Waals surface area contributed by atoms with E-state index in [9.17, 15) is 0 Å². The molecule has 0 fully saturated rings. The Hall–Kier alpha value is 0.435. The fraction of sp³-hybridized carbons (Fsp3) is 0.250. The van der Waals surface area contributed by atoms with Crippen LogP contribution < -0.4 is 58.2 Å². The Labute approximate surface area is 134 Å². The zero-order valence-corrected chi connectivity index (χ0v) is 13.8. The molecule has 0 saturated carbocycles. The number of pyridine rings is 1. The predicted molar refractivity (Wildman–Crippen MR) is 54.7 cm³/mol. The second-order valence-corrected chi connectivity index (χ2v) is 3.53. The standard InChI is InChI=1S/C12H12N.Rb/c1-9(2)10-3-4-12-8-13-6-5-11(12)7-10;/h3-6,8-9H,1-2H3;/q-1;+1. The summed E-state index contributed by atoms with van der Waals surface area (Å²) in [5.74, 6) is 0.539. The maximum atomic E-state index is 4.07. The molecule has 2 aromatic rings. The molecule has 0 aliphatic carbocycles. The van der Waals surface area contributed by atoms with E-state index in [0.29, 0.717) is 5.92 Å². The molecule has 1 aromatic carbocycles. The first-order chi connectivity index (χ1) is 6.27. The van der Waals surface area contributed by atoms with Crippen molar-refractivity contribution in [1.29, 1.82) is 0 Å². The molecule has 0 unspecified atom stereocenters. The zero-order valence-electron chi connectivity index (χ0n) is 8.91. The molecule has 1 aromatic heterocycles. The molecule has 0 spiro atoms. The molecule has 66 valence electrons. The second-order valence-electron chi connectivity index (χ2n) is 3.53. The summed E-state index contributed by atoms with van der Waals surface area (Å²) in [5.41, 5.74) is 1.26. The van der Waals surface area contributed by atoms with Crippen LogP contribution in [0.5, 0.6) is 0 Å². The number of hydrogen-bond donors (Lipinski definition) is 0. The summed E-state index contributed by atoms with van der Waals surface area (Å²) >= 11 is 0. The van der Waals surface area contributed by atoms with Crippen LogP contribution in [0.25, 0.3) is 10.8 Å². The number of hydrogen-bond acceptors (Lipinski definition) is 1. The maximum absolute atomic E-state index is 4.07. The van der Waals surface area contributed by atoms with Crippen molar-refractivity contribution in [3.05, 3.63) is 42.2 Å². The van der Waals surface area contributed by atoms with E-state index < -0.39 is 0 Å². The number of rotatable bonds is 1. The molecule has 0 saturated heterocycles. The molecule has 0 atom stereocenters. The van der Waals surface area contributed by atoms with Gasteiger partial charge in [-0.25, -0.2) is 0 Å². The Bertz CT molecular complexity index is 423. The van der Waals surface area contributed by atoms with Gasteiger partial charge in [-0.2, -0.15) is 0 Å². The van der Waals surface area contributed by atoms with Gasteiger partial charge in [-0.15, -0.1) is 35.2 Å². The summed E-state index contributed by atoms with van der Waals surface area (Å²) in [6.07, 6.45) is 3.68. The van der Waals surface area contributed by atoms with Crippen molar-refractivity contribution >= 4 is 10.8 Å². The predicted octanol–water partition coefficient (Wildman–Crippen LogP) is 0.162. The Balaban J connectivity index is 0.000000980. The third kappa shape index (κ3) is 2.72. The van der Waals surface area contributed by atoms with Crippen molar-refractivity contribution in [3.8, 4) is 0 Å². The van der Waals surface area contributed by atoms with Crippen molar-refractivity contribution in [1.82, 2.24) is 4.98 Å². The first-order valence-corrected chi connectivity index (χ1v) is 4.53. The van der Waals surface area contributed by atoms with Crippen molar-refractivity contribution < 1.29 is 58.2 Å². The molecule has 0 radical (unpaired) electrons. The van der Waals surface area contributed by atoms with Gasteiger partial charge in [0.05, 0.1) is 0 Å². The van der Waals surface area contributed by atoms with E-state index in [1.165, 1.54) is 5.56 Å². The van der Waals surface area contributed by atoms with Crippen molar-refractivity contribution in [2.24, 2.45) is 0 Å². The molecule has 0 aliphatic rings. The van der Waals surface area contributed by atoms with Crippen LogP contribution >= 0.6 is 0 Å². The molecular weight excluding hydrogens is 244 g/mol. The molecule has 0 aliphatic heterocycles. The minimum absolute atomic E-state index is 0. The smallest absolute Gasteiger partial charge is 0.284 e. The Morgan fingerprint density at radius 3 is 2.71 bits per heavy atom. The largest absolute Gasteiger partial charge is 1.00 e. The Morgan fingerprint density at radius 1 is 1.21 bits per heavy atom.